The first kappa shape index (κ1) is 28.5. The zero-order valence-electron chi connectivity index (χ0n) is 25.3. The second-order valence-electron chi connectivity index (χ2n) is 14.6. The maximum absolute atomic E-state index is 12.5. The summed E-state index contributed by atoms with van der Waals surface area (Å²) in [6.07, 6.45) is 17.5. The van der Waals surface area contributed by atoms with Gasteiger partial charge in [0.1, 0.15) is 0 Å². The predicted octanol–water partition coefficient (Wildman–Crippen LogP) is 10.2. The van der Waals surface area contributed by atoms with Gasteiger partial charge in [-0.3, -0.25) is 4.90 Å². The van der Waals surface area contributed by atoms with Crippen LogP contribution in [0.1, 0.15) is 111 Å². The number of hydrogen-bond acceptors (Lipinski definition) is 1. The summed E-state index contributed by atoms with van der Waals surface area (Å²) >= 11 is 0. The van der Waals surface area contributed by atoms with E-state index >= 15 is 0 Å². The molecule has 5 rings (SSSR count). The van der Waals surface area contributed by atoms with Crippen molar-refractivity contribution in [3.8, 4) is 0 Å². The van der Waals surface area contributed by atoms with Crippen LogP contribution in [0.4, 0.5) is 10.5 Å². The fourth-order valence-electron chi connectivity index (χ4n) is 10.1. The second-order valence-corrected chi connectivity index (χ2v) is 14.6. The lowest BCUT2D eigenvalue weighted by Gasteiger charge is -2.59. The van der Waals surface area contributed by atoms with Gasteiger partial charge in [0.05, 0.1) is 0 Å². The van der Waals surface area contributed by atoms with E-state index in [2.05, 4.69) is 47.3 Å². The summed E-state index contributed by atoms with van der Waals surface area (Å²) in [6, 6.07) is 7.83. The molecule has 0 radical (unpaired) electrons. The molecule has 0 aromatic heterocycles. The summed E-state index contributed by atoms with van der Waals surface area (Å²) in [5.74, 6) is 4.99. The summed E-state index contributed by atoms with van der Waals surface area (Å²) in [4.78, 5) is 14.1. The largest absolute Gasteiger partial charge is 0.465 e. The Morgan fingerprint density at radius 3 is 2.46 bits per heavy atom. The molecule has 0 spiro atoms. The number of benzene rings is 1. The minimum atomic E-state index is -0.836. The molecule has 0 saturated heterocycles. The fourth-order valence-corrected chi connectivity index (χ4v) is 10.1. The van der Waals surface area contributed by atoms with Crippen LogP contribution in [0.5, 0.6) is 0 Å². The number of carboxylic acid groups (broad SMARTS) is 1. The lowest BCUT2D eigenvalue weighted by atomic mass is 9.46. The number of rotatable bonds is 8. The van der Waals surface area contributed by atoms with Gasteiger partial charge in [0, 0.05) is 11.7 Å². The van der Waals surface area contributed by atoms with Gasteiger partial charge in [-0.25, -0.2) is 4.79 Å². The molecule has 1 amide bonds. The average Bonchev–Trinajstić information content (AvgIpc) is 3.26. The number of fused-ring (bicyclic) bond motifs is 5. The number of nitrogens with zero attached hydrogens (tertiary/aromatic N) is 1. The van der Waals surface area contributed by atoms with Gasteiger partial charge in [-0.2, -0.15) is 0 Å². The molecule has 0 bridgehead atoms. The minimum absolute atomic E-state index is 0.0179. The molecule has 4 aliphatic carbocycles. The van der Waals surface area contributed by atoms with E-state index in [0.29, 0.717) is 5.41 Å². The molecule has 1 aromatic carbocycles. The average molecular weight is 532 g/mol. The van der Waals surface area contributed by atoms with E-state index in [1.54, 1.807) is 16.5 Å². The van der Waals surface area contributed by atoms with Crippen LogP contribution in [0.2, 0.25) is 0 Å². The first-order valence-electron chi connectivity index (χ1n) is 16.0. The molecular formula is C36H53NO2. The Labute approximate surface area is 238 Å². The quantitative estimate of drug-likeness (QED) is 0.339. The number of anilines is 1. The summed E-state index contributed by atoms with van der Waals surface area (Å²) in [5, 5.41) is 10.2. The molecule has 3 nitrogen and oxygen atoms in total. The number of allylic oxidation sites excluding steroid dienone is 1. The summed E-state index contributed by atoms with van der Waals surface area (Å²) in [5.41, 5.74) is 4.09. The Hall–Kier alpha value is -2.03. The van der Waals surface area contributed by atoms with Crippen molar-refractivity contribution in [3.63, 3.8) is 0 Å². The van der Waals surface area contributed by atoms with Crippen LogP contribution in [-0.2, 0) is 0 Å². The first-order valence-corrected chi connectivity index (χ1v) is 16.0. The van der Waals surface area contributed by atoms with Gasteiger partial charge in [-0.15, -0.1) is 0 Å². The van der Waals surface area contributed by atoms with E-state index in [-0.39, 0.29) is 11.5 Å². The van der Waals surface area contributed by atoms with Crippen LogP contribution in [0.25, 0.3) is 6.08 Å². The molecule has 214 valence electrons. The topological polar surface area (TPSA) is 40.5 Å². The highest BCUT2D eigenvalue weighted by Crippen LogP contribution is 2.67. The van der Waals surface area contributed by atoms with E-state index in [9.17, 15) is 9.90 Å². The van der Waals surface area contributed by atoms with Gasteiger partial charge in [-0.05, 0) is 115 Å². The van der Waals surface area contributed by atoms with Crippen LogP contribution in [0.3, 0.4) is 0 Å². The van der Waals surface area contributed by atoms with E-state index in [1.807, 2.05) is 24.3 Å². The molecule has 39 heavy (non-hydrogen) atoms. The normalized spacial score (nSPS) is 36.4. The zero-order valence-corrected chi connectivity index (χ0v) is 25.3. The Morgan fingerprint density at radius 2 is 1.79 bits per heavy atom. The van der Waals surface area contributed by atoms with Crippen molar-refractivity contribution in [1.82, 2.24) is 0 Å². The van der Waals surface area contributed by atoms with E-state index in [0.717, 1.165) is 66.0 Å². The zero-order chi connectivity index (χ0) is 27.9. The molecule has 3 fully saturated rings. The Balaban J connectivity index is 1.31. The molecular weight excluding hydrogens is 478 g/mol. The Kier molecular flexibility index (Phi) is 8.11. The highest BCUT2D eigenvalue weighted by Gasteiger charge is 2.59. The SMILES string of the molecule is C=Cc1ccc(N(C(=O)O)C2CC[C@@]3(C)C(=CCC4C3CC[C@@]3(C)C4CC[C@@H]3[C@H](C)CCCC(C)C)C2)cc1. The number of amides is 1. The van der Waals surface area contributed by atoms with E-state index in [4.69, 9.17) is 0 Å². The fraction of sp³-hybridized carbons (Fsp3) is 0.694. The molecule has 1 N–H and O–H groups in total. The molecule has 4 aliphatic rings. The monoisotopic (exact) mass is 531 g/mol. The van der Waals surface area contributed by atoms with Crippen molar-refractivity contribution in [2.45, 2.75) is 111 Å². The van der Waals surface area contributed by atoms with Crippen molar-refractivity contribution < 1.29 is 9.90 Å². The highest BCUT2D eigenvalue weighted by atomic mass is 16.4. The summed E-state index contributed by atoms with van der Waals surface area (Å²) in [7, 11) is 0. The number of hydrogen-bond donors (Lipinski definition) is 1. The highest BCUT2D eigenvalue weighted by molar-refractivity contribution is 5.87. The van der Waals surface area contributed by atoms with Crippen LogP contribution in [-0.4, -0.2) is 17.2 Å². The van der Waals surface area contributed by atoms with Crippen molar-refractivity contribution >= 4 is 17.9 Å². The minimum Gasteiger partial charge on any atom is -0.465 e. The molecule has 8 atom stereocenters. The molecule has 3 saturated carbocycles. The molecule has 4 unspecified atom stereocenters. The lowest BCUT2D eigenvalue weighted by Crippen LogP contribution is -2.52. The molecule has 0 heterocycles. The van der Waals surface area contributed by atoms with Gasteiger partial charge in [-0.1, -0.05) is 90.3 Å². The first-order chi connectivity index (χ1) is 18.6. The van der Waals surface area contributed by atoms with Crippen molar-refractivity contribution in [3.05, 3.63) is 48.1 Å². The maximum Gasteiger partial charge on any atom is 0.412 e. The van der Waals surface area contributed by atoms with E-state index < -0.39 is 6.09 Å². The maximum atomic E-state index is 12.5. The van der Waals surface area contributed by atoms with Crippen molar-refractivity contribution in [2.24, 2.45) is 46.3 Å². The summed E-state index contributed by atoms with van der Waals surface area (Å²) in [6.45, 7) is 16.3. The lowest BCUT2D eigenvalue weighted by molar-refractivity contribution is -0.0509. The number of carbonyl (C=O) groups is 1. The third-order valence-electron chi connectivity index (χ3n) is 12.3. The van der Waals surface area contributed by atoms with Gasteiger partial charge >= 0.3 is 6.09 Å². The van der Waals surface area contributed by atoms with Crippen LogP contribution in [0.15, 0.2) is 42.5 Å². The van der Waals surface area contributed by atoms with Crippen LogP contribution in [0, 0.1) is 46.3 Å². The third-order valence-corrected chi connectivity index (χ3v) is 12.3. The van der Waals surface area contributed by atoms with Crippen LogP contribution < -0.4 is 4.90 Å². The second kappa shape index (κ2) is 11.1. The van der Waals surface area contributed by atoms with Gasteiger partial charge in [0.25, 0.3) is 0 Å². The smallest absolute Gasteiger partial charge is 0.412 e. The van der Waals surface area contributed by atoms with Gasteiger partial charge in [0.15, 0.2) is 0 Å². The third kappa shape index (κ3) is 5.13. The van der Waals surface area contributed by atoms with Crippen LogP contribution >= 0.6 is 0 Å². The van der Waals surface area contributed by atoms with Crippen molar-refractivity contribution in [1.29, 1.82) is 0 Å². The standard InChI is InChI=1S/C36H53NO2/c1-7-26-11-14-28(15-12-26)37(34(38)39)29-19-21-35(5)27(23-29)13-16-30-32-18-17-31(25(4)10-8-9-24(2)3)36(32,6)22-20-33(30)35/h7,11-15,24-25,29-33H,1,8-10,16-23H2,2-6H3,(H,38,39)/t25-,29?,30?,31-,32?,33?,35+,36-/m1/s1. The molecule has 0 aliphatic heterocycles. The van der Waals surface area contributed by atoms with Gasteiger partial charge < -0.3 is 5.11 Å². The molecule has 1 aromatic rings. The Bertz CT molecular complexity index is 1070. The van der Waals surface area contributed by atoms with Gasteiger partial charge in [0.2, 0.25) is 0 Å². The summed E-state index contributed by atoms with van der Waals surface area (Å²) < 4.78 is 0. The predicted molar refractivity (Wildman–Crippen MR) is 164 cm³/mol. The Morgan fingerprint density at radius 1 is 1.05 bits per heavy atom. The molecule has 3 heteroatoms. The van der Waals surface area contributed by atoms with Crippen molar-refractivity contribution in [2.75, 3.05) is 4.90 Å². The van der Waals surface area contributed by atoms with E-state index in [1.165, 1.54) is 51.4 Å².